The first kappa shape index (κ1) is 15.9. The molecule has 4 N–H and O–H groups in total. The molecule has 0 saturated carbocycles. The molecule has 7 nitrogen and oxygen atoms in total. The molecule has 0 fully saturated rings. The Morgan fingerprint density at radius 2 is 2.12 bits per heavy atom. The summed E-state index contributed by atoms with van der Waals surface area (Å²) in [4.78, 5) is 20.1. The number of fused-ring (bicyclic) bond motifs is 1. The Bertz CT molecular complexity index is 857. The molecule has 0 aliphatic rings. The van der Waals surface area contributed by atoms with Gasteiger partial charge >= 0.3 is 0 Å². The van der Waals surface area contributed by atoms with Gasteiger partial charge < -0.3 is 20.9 Å². The van der Waals surface area contributed by atoms with E-state index in [9.17, 15) is 4.79 Å². The third kappa shape index (κ3) is 3.69. The number of carbonyl (C=O) groups is 1. The third-order valence-corrected chi connectivity index (χ3v) is 3.54. The Morgan fingerprint density at radius 1 is 1.29 bits per heavy atom. The van der Waals surface area contributed by atoms with E-state index < -0.39 is 0 Å². The number of hydrogen-bond acceptors (Lipinski definition) is 5. The van der Waals surface area contributed by atoms with Crippen molar-refractivity contribution in [2.45, 2.75) is 19.9 Å². The fourth-order valence-corrected chi connectivity index (χ4v) is 2.48. The summed E-state index contributed by atoms with van der Waals surface area (Å²) in [6.07, 6.45) is 4.69. The van der Waals surface area contributed by atoms with Gasteiger partial charge in [0, 0.05) is 42.6 Å². The molecule has 0 aliphatic carbocycles. The second-order valence-corrected chi connectivity index (χ2v) is 5.51. The maximum Gasteiger partial charge on any atom is 0.229 e. The second-order valence-electron chi connectivity index (χ2n) is 5.51. The Labute approximate surface area is 139 Å². The van der Waals surface area contributed by atoms with Gasteiger partial charge in [-0.15, -0.1) is 0 Å². The summed E-state index contributed by atoms with van der Waals surface area (Å²) >= 11 is 0. The van der Waals surface area contributed by atoms with Gasteiger partial charge in [0.1, 0.15) is 5.65 Å². The summed E-state index contributed by atoms with van der Waals surface area (Å²) in [5.74, 6) is 0.401. The number of amides is 1. The lowest BCUT2D eigenvalue weighted by Crippen LogP contribution is -2.07. The molecule has 0 atom stereocenters. The lowest BCUT2D eigenvalue weighted by molar-refractivity contribution is -0.114. The van der Waals surface area contributed by atoms with Crippen molar-refractivity contribution in [2.75, 3.05) is 17.2 Å². The average molecular weight is 324 g/mol. The zero-order chi connectivity index (χ0) is 16.9. The number of hydrogen-bond donors (Lipinski definition) is 3. The zero-order valence-corrected chi connectivity index (χ0v) is 13.5. The molecule has 0 bridgehead atoms. The van der Waals surface area contributed by atoms with Crippen LogP contribution in [0.25, 0.3) is 11.0 Å². The lowest BCUT2D eigenvalue weighted by atomic mass is 10.2. The number of anilines is 3. The molecule has 0 unspecified atom stereocenters. The highest BCUT2D eigenvalue weighted by molar-refractivity contribution is 5.89. The van der Waals surface area contributed by atoms with Crippen molar-refractivity contribution >= 4 is 34.3 Å². The highest BCUT2D eigenvalue weighted by atomic mass is 16.1. The molecule has 3 rings (SSSR count). The lowest BCUT2D eigenvalue weighted by Gasteiger charge is -2.08. The molecule has 24 heavy (non-hydrogen) atoms. The van der Waals surface area contributed by atoms with Crippen molar-refractivity contribution in [2.24, 2.45) is 5.73 Å². The van der Waals surface area contributed by atoms with Crippen molar-refractivity contribution in [1.82, 2.24) is 14.5 Å². The van der Waals surface area contributed by atoms with E-state index in [-0.39, 0.29) is 5.91 Å². The number of benzene rings is 1. The topological polar surface area (TPSA) is 97.9 Å². The van der Waals surface area contributed by atoms with Crippen LogP contribution in [0.4, 0.5) is 17.3 Å². The molecule has 0 spiro atoms. The van der Waals surface area contributed by atoms with Crippen LogP contribution in [0, 0.1) is 0 Å². The van der Waals surface area contributed by atoms with Crippen molar-refractivity contribution in [3.63, 3.8) is 0 Å². The van der Waals surface area contributed by atoms with E-state index in [0.29, 0.717) is 12.5 Å². The fraction of sp³-hybridized carbons (Fsp3) is 0.235. The third-order valence-electron chi connectivity index (χ3n) is 3.54. The molecule has 0 aliphatic heterocycles. The highest BCUT2D eigenvalue weighted by Gasteiger charge is 2.06. The Kier molecular flexibility index (Phi) is 4.72. The first-order chi connectivity index (χ1) is 11.7. The molecule has 7 heteroatoms. The molecule has 2 aromatic heterocycles. The van der Waals surface area contributed by atoms with Crippen LogP contribution in [0.3, 0.4) is 0 Å². The van der Waals surface area contributed by atoms with Crippen molar-refractivity contribution < 1.29 is 4.79 Å². The number of aromatic nitrogens is 3. The standard InChI is InChI=1S/C17H20N6O/c1-12(24)20-14-4-2-5-15(10-14)21-17-19-11-13-6-9-23(8-3-7-18)16(13)22-17/h2,4-6,9-11H,3,7-8,18H2,1H3,(H,20,24)(H,19,21,22). The second kappa shape index (κ2) is 7.10. The largest absolute Gasteiger partial charge is 0.332 e. The van der Waals surface area contributed by atoms with Crippen molar-refractivity contribution in [1.29, 1.82) is 0 Å². The van der Waals surface area contributed by atoms with Crippen LogP contribution in [0.5, 0.6) is 0 Å². The number of nitrogens with two attached hydrogens (primary N) is 1. The van der Waals surface area contributed by atoms with E-state index in [2.05, 4.69) is 25.2 Å². The molecule has 124 valence electrons. The van der Waals surface area contributed by atoms with E-state index in [4.69, 9.17) is 5.73 Å². The van der Waals surface area contributed by atoms with Gasteiger partial charge in [-0.05, 0) is 37.2 Å². The molecule has 0 radical (unpaired) electrons. The van der Waals surface area contributed by atoms with Crippen LogP contribution < -0.4 is 16.4 Å². The van der Waals surface area contributed by atoms with Gasteiger partial charge in [-0.3, -0.25) is 4.79 Å². The summed E-state index contributed by atoms with van der Waals surface area (Å²) < 4.78 is 2.07. The predicted molar refractivity (Wildman–Crippen MR) is 95.2 cm³/mol. The van der Waals surface area contributed by atoms with Gasteiger partial charge in [-0.1, -0.05) is 6.07 Å². The highest BCUT2D eigenvalue weighted by Crippen LogP contribution is 2.20. The minimum Gasteiger partial charge on any atom is -0.332 e. The van der Waals surface area contributed by atoms with Crippen LogP contribution in [0.15, 0.2) is 42.7 Å². The van der Waals surface area contributed by atoms with Crippen LogP contribution in [0.2, 0.25) is 0 Å². The number of carbonyl (C=O) groups excluding carboxylic acids is 1. The maximum absolute atomic E-state index is 11.2. The summed E-state index contributed by atoms with van der Waals surface area (Å²) in [5, 5.41) is 6.91. The fourth-order valence-electron chi connectivity index (χ4n) is 2.48. The molecular weight excluding hydrogens is 304 g/mol. The average Bonchev–Trinajstić information content (AvgIpc) is 2.95. The maximum atomic E-state index is 11.2. The minimum atomic E-state index is -0.109. The van der Waals surface area contributed by atoms with Gasteiger partial charge in [0.05, 0.1) is 0 Å². The minimum absolute atomic E-state index is 0.109. The van der Waals surface area contributed by atoms with Crippen LogP contribution >= 0.6 is 0 Å². The molecule has 1 aromatic carbocycles. The monoisotopic (exact) mass is 324 g/mol. The number of rotatable bonds is 6. The van der Waals surface area contributed by atoms with E-state index in [1.807, 2.05) is 36.5 Å². The van der Waals surface area contributed by atoms with E-state index >= 15 is 0 Å². The Hall–Kier alpha value is -2.93. The van der Waals surface area contributed by atoms with E-state index in [1.54, 1.807) is 6.20 Å². The van der Waals surface area contributed by atoms with E-state index in [1.165, 1.54) is 6.92 Å². The van der Waals surface area contributed by atoms with Crippen LogP contribution in [0.1, 0.15) is 13.3 Å². The molecule has 2 heterocycles. The van der Waals surface area contributed by atoms with Crippen molar-refractivity contribution in [3.05, 3.63) is 42.7 Å². The Morgan fingerprint density at radius 3 is 2.92 bits per heavy atom. The Balaban J connectivity index is 1.83. The zero-order valence-electron chi connectivity index (χ0n) is 13.5. The van der Waals surface area contributed by atoms with Gasteiger partial charge in [-0.25, -0.2) is 4.98 Å². The SMILES string of the molecule is CC(=O)Nc1cccc(Nc2ncc3ccn(CCCN)c3n2)c1. The van der Waals surface area contributed by atoms with Crippen molar-refractivity contribution in [3.8, 4) is 0 Å². The van der Waals surface area contributed by atoms with Crippen LogP contribution in [-0.4, -0.2) is 27.0 Å². The summed E-state index contributed by atoms with van der Waals surface area (Å²) in [7, 11) is 0. The normalized spacial score (nSPS) is 10.8. The molecule has 1 amide bonds. The number of nitrogens with zero attached hydrogens (tertiary/aromatic N) is 3. The summed E-state index contributed by atoms with van der Waals surface area (Å²) in [6, 6.07) is 9.41. The summed E-state index contributed by atoms with van der Waals surface area (Å²) in [6.45, 7) is 2.95. The first-order valence-electron chi connectivity index (χ1n) is 7.82. The first-order valence-corrected chi connectivity index (χ1v) is 7.82. The predicted octanol–water partition coefficient (Wildman–Crippen LogP) is 2.48. The van der Waals surface area contributed by atoms with E-state index in [0.717, 1.165) is 35.4 Å². The van der Waals surface area contributed by atoms with Gasteiger partial charge in [0.15, 0.2) is 0 Å². The molecular formula is C17H20N6O. The van der Waals surface area contributed by atoms with Crippen LogP contribution in [-0.2, 0) is 11.3 Å². The smallest absolute Gasteiger partial charge is 0.229 e. The van der Waals surface area contributed by atoms with Gasteiger partial charge in [0.2, 0.25) is 11.9 Å². The quantitative estimate of drug-likeness (QED) is 0.647. The molecule has 3 aromatic rings. The number of nitrogens with one attached hydrogen (secondary N) is 2. The van der Waals surface area contributed by atoms with Gasteiger partial charge in [-0.2, -0.15) is 4.98 Å². The number of aryl methyl sites for hydroxylation is 1. The molecule has 0 saturated heterocycles. The summed E-state index contributed by atoms with van der Waals surface area (Å²) in [5.41, 5.74) is 7.98. The van der Waals surface area contributed by atoms with Gasteiger partial charge in [0.25, 0.3) is 0 Å².